The molecule has 11 rings (SSSR count). The third-order valence-corrected chi connectivity index (χ3v) is 15.2. The average molecular weight is 695 g/mol. The van der Waals surface area contributed by atoms with Gasteiger partial charge in [0.15, 0.2) is 0 Å². The van der Waals surface area contributed by atoms with E-state index in [1.807, 2.05) is 0 Å². The zero-order valence-corrected chi connectivity index (χ0v) is 29.7. The SMILES string of the molecule is c1ccc(-c2nc3cccc4c3n2-c2ccccc2C42c3ccccc3-c3ccc(S(c4ccccc4)(c4ccccc4)c4ccccc4)cc32)cc1. The van der Waals surface area contributed by atoms with Gasteiger partial charge in [0, 0.05) is 25.1 Å². The molecule has 1 atom stereocenters. The number of hydrogen-bond donors (Lipinski definition) is 0. The van der Waals surface area contributed by atoms with E-state index in [9.17, 15) is 0 Å². The summed E-state index contributed by atoms with van der Waals surface area (Å²) in [5.41, 5.74) is 11.7. The molecule has 1 aromatic heterocycles. The van der Waals surface area contributed by atoms with Crippen LogP contribution in [0.15, 0.2) is 226 Å². The van der Waals surface area contributed by atoms with Crippen LogP contribution in [0.3, 0.4) is 0 Å². The molecule has 3 heteroatoms. The minimum atomic E-state index is -1.91. The van der Waals surface area contributed by atoms with Gasteiger partial charge in [0.2, 0.25) is 0 Å². The van der Waals surface area contributed by atoms with Gasteiger partial charge in [-0.2, -0.15) is 0 Å². The molecule has 53 heavy (non-hydrogen) atoms. The van der Waals surface area contributed by atoms with Crippen LogP contribution in [-0.2, 0) is 5.41 Å². The van der Waals surface area contributed by atoms with E-state index in [2.05, 4.69) is 211 Å². The van der Waals surface area contributed by atoms with Crippen molar-refractivity contribution in [1.82, 2.24) is 9.55 Å². The maximum Gasteiger partial charge on any atom is 0.145 e. The van der Waals surface area contributed by atoms with E-state index in [0.717, 1.165) is 16.9 Å². The lowest BCUT2D eigenvalue weighted by molar-refractivity contribution is 0.743. The quantitative estimate of drug-likeness (QED) is 0.175. The molecule has 0 N–H and O–H groups in total. The highest BCUT2D eigenvalue weighted by Crippen LogP contribution is 2.74. The van der Waals surface area contributed by atoms with E-state index in [1.165, 1.54) is 64.2 Å². The van der Waals surface area contributed by atoms with Crippen LogP contribution in [-0.4, -0.2) is 9.55 Å². The third kappa shape index (κ3) is 4.03. The highest BCUT2D eigenvalue weighted by atomic mass is 32.3. The summed E-state index contributed by atoms with van der Waals surface area (Å²) in [6.45, 7) is 0. The zero-order valence-electron chi connectivity index (χ0n) is 28.9. The molecule has 0 saturated heterocycles. The van der Waals surface area contributed by atoms with Crippen LogP contribution in [0.4, 0.5) is 0 Å². The highest BCUT2D eigenvalue weighted by Gasteiger charge is 2.51. The summed E-state index contributed by atoms with van der Waals surface area (Å²) in [7, 11) is -1.91. The van der Waals surface area contributed by atoms with Gasteiger partial charge in [-0.1, -0.05) is 146 Å². The standard InChI is InChI=1S/C50H34N2S/c1-5-18-35(19-6-1)49-51-46-30-17-29-44-48(46)52(49)47-31-16-15-28-43(47)50(44)42-27-14-13-26-40(42)41-33-32-39(34-45(41)50)53(36-20-7-2-8-21-36,37-22-9-3-10-23-37)38-24-11-4-12-25-38/h1-34H. The predicted octanol–water partition coefficient (Wildman–Crippen LogP) is 12.7. The molecular weight excluding hydrogens is 661 g/mol. The second-order valence-corrected chi connectivity index (χ2v) is 17.0. The molecule has 0 radical (unpaired) electrons. The Kier molecular flexibility index (Phi) is 6.58. The van der Waals surface area contributed by atoms with E-state index >= 15 is 0 Å². The molecule has 250 valence electrons. The second kappa shape index (κ2) is 11.5. The molecule has 1 spiro atoms. The van der Waals surface area contributed by atoms with Crippen molar-refractivity contribution in [1.29, 1.82) is 0 Å². The molecule has 9 aromatic rings. The van der Waals surface area contributed by atoms with Gasteiger partial charge < -0.3 is 0 Å². The lowest BCUT2D eigenvalue weighted by Crippen LogP contribution is -2.33. The summed E-state index contributed by atoms with van der Waals surface area (Å²) in [6.07, 6.45) is 0. The maximum absolute atomic E-state index is 5.36. The summed E-state index contributed by atoms with van der Waals surface area (Å²) in [4.78, 5) is 10.6. The molecule has 1 aliphatic carbocycles. The van der Waals surface area contributed by atoms with Crippen molar-refractivity contribution in [3.05, 3.63) is 229 Å². The molecule has 2 heterocycles. The van der Waals surface area contributed by atoms with E-state index in [0.29, 0.717) is 0 Å². The van der Waals surface area contributed by atoms with Gasteiger partial charge in [0.05, 0.1) is 22.1 Å². The minimum Gasteiger partial charge on any atom is -0.292 e. The molecule has 0 fully saturated rings. The number of benzene rings is 8. The van der Waals surface area contributed by atoms with Gasteiger partial charge in [0.25, 0.3) is 0 Å². The predicted molar refractivity (Wildman–Crippen MR) is 217 cm³/mol. The smallest absolute Gasteiger partial charge is 0.145 e. The summed E-state index contributed by atoms with van der Waals surface area (Å²) < 4.78 is 2.42. The number of fused-ring (bicyclic) bond motifs is 9. The van der Waals surface area contributed by atoms with Gasteiger partial charge >= 0.3 is 0 Å². The number of imidazole rings is 1. The molecule has 2 aliphatic rings. The molecule has 1 aliphatic heterocycles. The van der Waals surface area contributed by atoms with Crippen molar-refractivity contribution < 1.29 is 0 Å². The van der Waals surface area contributed by atoms with Gasteiger partial charge in [-0.3, -0.25) is 4.57 Å². The van der Waals surface area contributed by atoms with Crippen LogP contribution in [0.1, 0.15) is 22.3 Å². The molecule has 0 saturated carbocycles. The Balaban J connectivity index is 1.29. The summed E-state index contributed by atoms with van der Waals surface area (Å²) in [6, 6.07) is 76.4. The lowest BCUT2D eigenvalue weighted by atomic mass is 9.65. The molecule has 2 nitrogen and oxygen atoms in total. The topological polar surface area (TPSA) is 17.8 Å². The van der Waals surface area contributed by atoms with E-state index < -0.39 is 15.4 Å². The van der Waals surface area contributed by atoms with Crippen LogP contribution in [0.25, 0.3) is 39.2 Å². The highest BCUT2D eigenvalue weighted by molar-refractivity contribution is 8.34. The van der Waals surface area contributed by atoms with Crippen LogP contribution >= 0.6 is 10.0 Å². The Morgan fingerprint density at radius 1 is 0.396 bits per heavy atom. The fraction of sp³-hybridized carbons (Fsp3) is 0.0200. The van der Waals surface area contributed by atoms with Crippen molar-refractivity contribution >= 4 is 21.1 Å². The summed E-state index contributed by atoms with van der Waals surface area (Å²) in [5.74, 6) is 0.969. The monoisotopic (exact) mass is 694 g/mol. The van der Waals surface area contributed by atoms with Gasteiger partial charge in [-0.25, -0.2) is 4.98 Å². The molecular formula is C50H34N2S. The maximum atomic E-state index is 5.36. The number of nitrogens with zero attached hydrogens (tertiary/aromatic N) is 2. The van der Waals surface area contributed by atoms with Gasteiger partial charge in [-0.15, -0.1) is 10.0 Å². The Morgan fingerprint density at radius 2 is 0.925 bits per heavy atom. The summed E-state index contributed by atoms with van der Waals surface area (Å²) in [5, 5.41) is 0. The number of hydrogen-bond acceptors (Lipinski definition) is 1. The fourth-order valence-corrected chi connectivity index (χ4v) is 13.2. The normalized spacial score (nSPS) is 15.5. The lowest BCUT2D eigenvalue weighted by Gasteiger charge is -2.43. The van der Waals surface area contributed by atoms with Gasteiger partial charge in [-0.05, 0) is 94.0 Å². The first-order valence-electron chi connectivity index (χ1n) is 18.2. The number of para-hydroxylation sites is 2. The van der Waals surface area contributed by atoms with E-state index in [4.69, 9.17) is 4.98 Å². The van der Waals surface area contributed by atoms with Gasteiger partial charge in [0.1, 0.15) is 5.82 Å². The van der Waals surface area contributed by atoms with Crippen molar-refractivity contribution in [2.45, 2.75) is 25.0 Å². The Morgan fingerprint density at radius 3 is 1.58 bits per heavy atom. The fourth-order valence-electron chi connectivity index (χ4n) is 9.30. The van der Waals surface area contributed by atoms with Crippen LogP contribution in [0, 0.1) is 0 Å². The van der Waals surface area contributed by atoms with Crippen LogP contribution in [0.5, 0.6) is 0 Å². The second-order valence-electron chi connectivity index (χ2n) is 13.9. The van der Waals surface area contributed by atoms with Crippen molar-refractivity contribution in [2.24, 2.45) is 0 Å². The van der Waals surface area contributed by atoms with Crippen molar-refractivity contribution in [3.63, 3.8) is 0 Å². The molecule has 0 amide bonds. The van der Waals surface area contributed by atoms with Crippen molar-refractivity contribution in [3.8, 4) is 28.2 Å². The first-order valence-corrected chi connectivity index (χ1v) is 19.8. The van der Waals surface area contributed by atoms with E-state index in [-0.39, 0.29) is 0 Å². The van der Waals surface area contributed by atoms with Crippen LogP contribution in [0.2, 0.25) is 0 Å². The molecule has 1 unspecified atom stereocenters. The number of rotatable bonds is 5. The zero-order chi connectivity index (χ0) is 35.0. The Bertz CT molecular complexity index is 2730. The first kappa shape index (κ1) is 30.2. The van der Waals surface area contributed by atoms with E-state index in [1.54, 1.807) is 0 Å². The third-order valence-electron chi connectivity index (χ3n) is 11.3. The summed E-state index contributed by atoms with van der Waals surface area (Å²) >= 11 is 0. The molecule has 0 bridgehead atoms. The number of aromatic nitrogens is 2. The minimum absolute atomic E-state index is 0.558. The van der Waals surface area contributed by atoms with Crippen molar-refractivity contribution in [2.75, 3.05) is 0 Å². The molecule has 8 aromatic carbocycles. The largest absolute Gasteiger partial charge is 0.292 e. The van der Waals surface area contributed by atoms with Crippen LogP contribution < -0.4 is 0 Å². The Labute approximate surface area is 311 Å². The Hall–Kier alpha value is -6.42. The average Bonchev–Trinajstić information content (AvgIpc) is 3.77. The first-order chi connectivity index (χ1) is 26.3.